The van der Waals surface area contributed by atoms with Crippen molar-refractivity contribution in [3.05, 3.63) is 65.8 Å². The number of imidazole rings is 1. The van der Waals surface area contributed by atoms with Crippen LogP contribution < -0.4 is 0 Å². The van der Waals surface area contributed by atoms with Crippen LogP contribution in [0.15, 0.2) is 42.9 Å². The molecule has 2 N–H and O–H groups in total. The van der Waals surface area contributed by atoms with E-state index in [1.165, 1.54) is 5.56 Å². The van der Waals surface area contributed by atoms with E-state index in [-0.39, 0.29) is 0 Å². The summed E-state index contributed by atoms with van der Waals surface area (Å²) in [5, 5.41) is 7.17. The van der Waals surface area contributed by atoms with Gasteiger partial charge in [-0.1, -0.05) is 30.3 Å². The highest BCUT2D eigenvalue weighted by Gasteiger charge is 2.05. The summed E-state index contributed by atoms with van der Waals surface area (Å²) >= 11 is 0. The minimum atomic E-state index is 0.672. The molecule has 0 unspecified atom stereocenters. The fourth-order valence-corrected chi connectivity index (χ4v) is 1.83. The van der Waals surface area contributed by atoms with Crippen LogP contribution in [0.2, 0.25) is 0 Å². The van der Waals surface area contributed by atoms with Crippen LogP contribution in [-0.4, -0.2) is 25.1 Å². The molecule has 0 atom stereocenters. The van der Waals surface area contributed by atoms with E-state index in [0.717, 1.165) is 23.8 Å². The van der Waals surface area contributed by atoms with Gasteiger partial charge in [-0.05, 0) is 5.56 Å². The highest BCUT2D eigenvalue weighted by molar-refractivity contribution is 5.19. The first-order chi connectivity index (χ1) is 8.90. The van der Waals surface area contributed by atoms with Gasteiger partial charge in [0.1, 0.15) is 5.82 Å². The standard InChI is InChI=1S/C13H13N5/c1-2-4-10(5-3-1)6-12-16-13(18-17-12)7-11-8-14-9-15-11/h1-5,8-9H,6-7H2,(H,14,15)(H,16,17,18). The monoisotopic (exact) mass is 239 g/mol. The Bertz CT molecular complexity index is 597. The molecule has 0 saturated heterocycles. The summed E-state index contributed by atoms with van der Waals surface area (Å²) in [7, 11) is 0. The Labute approximate surface area is 104 Å². The number of nitrogens with zero attached hydrogens (tertiary/aromatic N) is 3. The van der Waals surface area contributed by atoms with Crippen LogP contribution in [0.25, 0.3) is 0 Å². The van der Waals surface area contributed by atoms with Crippen LogP contribution in [-0.2, 0) is 12.8 Å². The molecule has 0 aliphatic rings. The lowest BCUT2D eigenvalue weighted by molar-refractivity contribution is 0.945. The molecule has 0 amide bonds. The molecule has 5 heteroatoms. The average Bonchev–Trinajstić information content (AvgIpc) is 3.03. The molecule has 3 aromatic rings. The fraction of sp³-hybridized carbons (Fsp3) is 0.154. The molecule has 0 saturated carbocycles. The molecular formula is C13H13N5. The van der Waals surface area contributed by atoms with Gasteiger partial charge in [-0.2, -0.15) is 5.10 Å². The van der Waals surface area contributed by atoms with Crippen molar-refractivity contribution >= 4 is 0 Å². The third kappa shape index (κ3) is 2.45. The molecule has 2 heterocycles. The van der Waals surface area contributed by atoms with Crippen LogP contribution >= 0.6 is 0 Å². The van der Waals surface area contributed by atoms with Crippen LogP contribution in [0, 0.1) is 0 Å². The molecule has 5 nitrogen and oxygen atoms in total. The third-order valence-corrected chi connectivity index (χ3v) is 2.70. The van der Waals surface area contributed by atoms with E-state index >= 15 is 0 Å². The molecule has 0 aliphatic heterocycles. The van der Waals surface area contributed by atoms with Crippen LogP contribution in [0.3, 0.4) is 0 Å². The molecule has 0 bridgehead atoms. The molecule has 3 rings (SSSR count). The van der Waals surface area contributed by atoms with Gasteiger partial charge in [0.25, 0.3) is 0 Å². The van der Waals surface area contributed by atoms with Gasteiger partial charge >= 0.3 is 0 Å². The lowest BCUT2D eigenvalue weighted by Crippen LogP contribution is -1.92. The second kappa shape index (κ2) is 4.83. The normalized spacial score (nSPS) is 10.7. The van der Waals surface area contributed by atoms with Crippen molar-refractivity contribution < 1.29 is 0 Å². The van der Waals surface area contributed by atoms with E-state index in [1.807, 2.05) is 18.2 Å². The fourth-order valence-electron chi connectivity index (χ4n) is 1.83. The van der Waals surface area contributed by atoms with Crippen molar-refractivity contribution in [3.8, 4) is 0 Å². The van der Waals surface area contributed by atoms with Gasteiger partial charge < -0.3 is 4.98 Å². The zero-order valence-corrected chi connectivity index (χ0v) is 9.80. The molecule has 0 aliphatic carbocycles. The molecule has 2 aromatic heterocycles. The number of aromatic nitrogens is 5. The van der Waals surface area contributed by atoms with Gasteiger partial charge in [0.05, 0.1) is 12.7 Å². The first kappa shape index (κ1) is 10.7. The molecule has 0 spiro atoms. The Morgan fingerprint density at radius 2 is 1.94 bits per heavy atom. The predicted octanol–water partition coefficient (Wildman–Crippen LogP) is 1.71. The number of H-pyrrole nitrogens is 2. The quantitative estimate of drug-likeness (QED) is 0.728. The Balaban J connectivity index is 1.70. The molecular weight excluding hydrogens is 226 g/mol. The van der Waals surface area contributed by atoms with Gasteiger partial charge in [0.2, 0.25) is 0 Å². The summed E-state index contributed by atoms with van der Waals surface area (Å²) in [5.41, 5.74) is 2.24. The second-order valence-corrected chi connectivity index (χ2v) is 4.11. The van der Waals surface area contributed by atoms with Crippen LogP contribution in [0.1, 0.15) is 22.9 Å². The van der Waals surface area contributed by atoms with Gasteiger partial charge in [-0.3, -0.25) is 5.10 Å². The third-order valence-electron chi connectivity index (χ3n) is 2.70. The van der Waals surface area contributed by atoms with Crippen molar-refractivity contribution in [2.45, 2.75) is 12.8 Å². The van der Waals surface area contributed by atoms with Crippen molar-refractivity contribution in [1.29, 1.82) is 0 Å². The Hall–Kier alpha value is -2.43. The lowest BCUT2D eigenvalue weighted by Gasteiger charge is -1.95. The predicted molar refractivity (Wildman–Crippen MR) is 67.0 cm³/mol. The Morgan fingerprint density at radius 3 is 2.72 bits per heavy atom. The van der Waals surface area contributed by atoms with Gasteiger partial charge in [-0.15, -0.1) is 0 Å². The second-order valence-electron chi connectivity index (χ2n) is 4.11. The molecule has 0 radical (unpaired) electrons. The Morgan fingerprint density at radius 1 is 1.06 bits per heavy atom. The largest absolute Gasteiger partial charge is 0.348 e. The summed E-state index contributed by atoms with van der Waals surface area (Å²) in [6.45, 7) is 0. The van der Waals surface area contributed by atoms with Gasteiger partial charge in [0, 0.05) is 18.3 Å². The smallest absolute Gasteiger partial charge is 0.156 e. The van der Waals surface area contributed by atoms with Crippen molar-refractivity contribution in [2.75, 3.05) is 0 Å². The molecule has 0 fully saturated rings. The summed E-state index contributed by atoms with van der Waals surface area (Å²) in [4.78, 5) is 11.5. The summed E-state index contributed by atoms with van der Waals surface area (Å²) < 4.78 is 0. The molecule has 18 heavy (non-hydrogen) atoms. The number of rotatable bonds is 4. The maximum Gasteiger partial charge on any atom is 0.156 e. The van der Waals surface area contributed by atoms with Crippen molar-refractivity contribution in [3.63, 3.8) is 0 Å². The average molecular weight is 239 g/mol. The maximum absolute atomic E-state index is 4.47. The number of aromatic amines is 2. The van der Waals surface area contributed by atoms with E-state index in [9.17, 15) is 0 Å². The van der Waals surface area contributed by atoms with Gasteiger partial charge in [-0.25, -0.2) is 9.97 Å². The number of hydrogen-bond acceptors (Lipinski definition) is 3. The Kier molecular flexibility index (Phi) is 2.87. The van der Waals surface area contributed by atoms with Crippen molar-refractivity contribution in [1.82, 2.24) is 25.1 Å². The zero-order valence-electron chi connectivity index (χ0n) is 9.80. The van der Waals surface area contributed by atoms with E-state index < -0.39 is 0 Å². The molecule has 1 aromatic carbocycles. The summed E-state index contributed by atoms with van der Waals surface area (Å²) in [6, 6.07) is 10.2. The minimum absolute atomic E-state index is 0.672. The topological polar surface area (TPSA) is 70.2 Å². The first-order valence-corrected chi connectivity index (χ1v) is 5.81. The summed E-state index contributed by atoms with van der Waals surface area (Å²) in [6.07, 6.45) is 4.89. The van der Waals surface area contributed by atoms with Crippen molar-refractivity contribution in [2.24, 2.45) is 0 Å². The highest BCUT2D eigenvalue weighted by Crippen LogP contribution is 2.06. The van der Waals surface area contributed by atoms with E-state index in [4.69, 9.17) is 0 Å². The van der Waals surface area contributed by atoms with E-state index in [2.05, 4.69) is 37.3 Å². The van der Waals surface area contributed by atoms with Gasteiger partial charge in [0.15, 0.2) is 5.82 Å². The van der Waals surface area contributed by atoms with Crippen LogP contribution in [0.5, 0.6) is 0 Å². The SMILES string of the molecule is c1ccc(Cc2nc(Cc3cnc[nH]3)n[nH]2)cc1. The van der Waals surface area contributed by atoms with Crippen LogP contribution in [0.4, 0.5) is 0 Å². The lowest BCUT2D eigenvalue weighted by atomic mass is 10.1. The first-order valence-electron chi connectivity index (χ1n) is 5.81. The zero-order chi connectivity index (χ0) is 12.2. The minimum Gasteiger partial charge on any atom is -0.348 e. The number of benzene rings is 1. The number of hydrogen-bond donors (Lipinski definition) is 2. The van der Waals surface area contributed by atoms with E-state index in [0.29, 0.717) is 6.42 Å². The maximum atomic E-state index is 4.47. The van der Waals surface area contributed by atoms with E-state index in [1.54, 1.807) is 12.5 Å². The number of nitrogens with one attached hydrogen (secondary N) is 2. The molecule has 90 valence electrons. The summed E-state index contributed by atoms with van der Waals surface area (Å²) in [5.74, 6) is 1.67. The highest BCUT2D eigenvalue weighted by atomic mass is 15.2.